The molecule has 0 heterocycles. The maximum Gasteiger partial charge on any atom is 0.125 e. The molecule has 4 heteroatoms. The molecule has 0 saturated heterocycles. The molecule has 0 aliphatic rings. The summed E-state index contributed by atoms with van der Waals surface area (Å²) >= 11 is 6.20. The molecule has 0 saturated carbocycles. The van der Waals surface area contributed by atoms with E-state index in [1.54, 1.807) is 7.11 Å². The number of hydrogen-bond donors (Lipinski definition) is 2. The fourth-order valence-corrected chi connectivity index (χ4v) is 2.41. The van der Waals surface area contributed by atoms with Gasteiger partial charge in [0.25, 0.3) is 0 Å². The average Bonchev–Trinajstić information content (AvgIpc) is 2.36. The number of ether oxygens (including phenoxy) is 1. The van der Waals surface area contributed by atoms with Crippen molar-refractivity contribution < 1.29 is 9.84 Å². The van der Waals surface area contributed by atoms with E-state index in [1.165, 1.54) is 0 Å². The van der Waals surface area contributed by atoms with E-state index in [4.69, 9.17) is 22.1 Å². The van der Waals surface area contributed by atoms with E-state index in [2.05, 4.69) is 0 Å². The number of aryl methyl sites for hydroxylation is 1. The van der Waals surface area contributed by atoms with Crippen molar-refractivity contribution >= 4 is 11.6 Å². The number of aliphatic hydroxyl groups excluding tert-OH is 1. The van der Waals surface area contributed by atoms with Crippen molar-refractivity contribution in [1.29, 1.82) is 0 Å². The summed E-state index contributed by atoms with van der Waals surface area (Å²) in [6.07, 6.45) is 1.66. The Morgan fingerprint density at radius 1 is 1.44 bits per heavy atom. The van der Waals surface area contributed by atoms with Gasteiger partial charge < -0.3 is 15.6 Å². The summed E-state index contributed by atoms with van der Waals surface area (Å²) in [5, 5.41) is 9.93. The molecule has 1 rings (SSSR count). The monoisotopic (exact) mass is 271 g/mol. The van der Waals surface area contributed by atoms with Crippen LogP contribution in [0.4, 0.5) is 0 Å². The molecule has 0 aromatic heterocycles. The zero-order valence-electron chi connectivity index (χ0n) is 11.3. The number of methoxy groups -OCH3 is 1. The average molecular weight is 272 g/mol. The zero-order chi connectivity index (χ0) is 13.7. The van der Waals surface area contributed by atoms with E-state index >= 15 is 0 Å². The van der Waals surface area contributed by atoms with Crippen LogP contribution >= 0.6 is 11.6 Å². The van der Waals surface area contributed by atoms with Crippen LogP contribution in [-0.2, 0) is 6.42 Å². The second-order valence-corrected chi connectivity index (χ2v) is 5.04. The molecular weight excluding hydrogens is 250 g/mol. The maximum atomic E-state index is 9.17. The topological polar surface area (TPSA) is 55.5 Å². The first-order valence-corrected chi connectivity index (χ1v) is 6.56. The molecule has 0 amide bonds. The van der Waals surface area contributed by atoms with Gasteiger partial charge in [-0.15, -0.1) is 0 Å². The minimum absolute atomic E-state index is 0.122. The number of rotatable bonds is 6. The van der Waals surface area contributed by atoms with E-state index in [1.807, 2.05) is 19.9 Å². The zero-order valence-corrected chi connectivity index (χ0v) is 12.0. The van der Waals surface area contributed by atoms with Gasteiger partial charge in [-0.1, -0.05) is 11.6 Å². The first-order chi connectivity index (χ1) is 8.54. The Hall–Kier alpha value is -0.770. The highest BCUT2D eigenvalue weighted by Gasteiger charge is 2.15. The third-order valence-corrected chi connectivity index (χ3v) is 3.78. The molecule has 3 N–H and O–H groups in total. The Kier molecular flexibility index (Phi) is 5.93. The lowest BCUT2D eigenvalue weighted by atomic mass is 9.95. The predicted molar refractivity (Wildman–Crippen MR) is 75.4 cm³/mol. The molecular formula is C14H22ClNO2. The van der Waals surface area contributed by atoms with Crippen molar-refractivity contribution in [2.45, 2.75) is 26.7 Å². The highest BCUT2D eigenvalue weighted by molar-refractivity contribution is 6.31. The molecule has 1 unspecified atom stereocenters. The molecule has 1 aromatic carbocycles. The molecule has 1 aromatic rings. The highest BCUT2D eigenvalue weighted by Crippen LogP contribution is 2.33. The fraction of sp³-hybridized carbons (Fsp3) is 0.571. The van der Waals surface area contributed by atoms with Gasteiger partial charge in [-0.3, -0.25) is 0 Å². The fourth-order valence-electron chi connectivity index (χ4n) is 2.13. The van der Waals surface area contributed by atoms with E-state index in [0.717, 1.165) is 40.3 Å². The van der Waals surface area contributed by atoms with Crippen LogP contribution in [0, 0.1) is 19.8 Å². The second-order valence-electron chi connectivity index (χ2n) is 4.64. The van der Waals surface area contributed by atoms with Gasteiger partial charge in [0.05, 0.1) is 7.11 Å². The largest absolute Gasteiger partial charge is 0.496 e. The van der Waals surface area contributed by atoms with Crippen molar-refractivity contribution in [1.82, 2.24) is 0 Å². The first kappa shape index (κ1) is 15.3. The molecule has 1 atom stereocenters. The predicted octanol–water partition coefficient (Wildman–Crippen LogP) is 2.47. The summed E-state index contributed by atoms with van der Waals surface area (Å²) in [4.78, 5) is 0. The van der Waals surface area contributed by atoms with Crippen molar-refractivity contribution in [3.63, 3.8) is 0 Å². The van der Waals surface area contributed by atoms with Gasteiger partial charge in [0.2, 0.25) is 0 Å². The van der Waals surface area contributed by atoms with Crippen LogP contribution in [-0.4, -0.2) is 25.4 Å². The number of nitrogens with two attached hydrogens (primary N) is 1. The standard InChI is InChI=1S/C14H22ClNO2/c1-9-6-13(15)10(2)12(14(9)18-3)5-4-11(7-16)8-17/h6,11,17H,4-5,7-8,16H2,1-3H3. The lowest BCUT2D eigenvalue weighted by Gasteiger charge is -2.18. The Labute approximate surface area is 114 Å². The number of hydrogen-bond acceptors (Lipinski definition) is 3. The lowest BCUT2D eigenvalue weighted by molar-refractivity contribution is 0.222. The number of aliphatic hydroxyl groups is 1. The van der Waals surface area contributed by atoms with Crippen LogP contribution in [0.5, 0.6) is 5.75 Å². The molecule has 3 nitrogen and oxygen atoms in total. The van der Waals surface area contributed by atoms with Crippen molar-refractivity contribution in [3.05, 3.63) is 27.8 Å². The van der Waals surface area contributed by atoms with Gasteiger partial charge in [-0.05, 0) is 61.9 Å². The Balaban J connectivity index is 2.99. The minimum atomic E-state index is 0.122. The third-order valence-electron chi connectivity index (χ3n) is 3.38. The molecule has 0 bridgehead atoms. The van der Waals surface area contributed by atoms with E-state index in [9.17, 15) is 5.11 Å². The Bertz CT molecular complexity index is 403. The normalized spacial score (nSPS) is 12.6. The Morgan fingerprint density at radius 3 is 2.61 bits per heavy atom. The van der Waals surface area contributed by atoms with Gasteiger partial charge in [0.1, 0.15) is 5.75 Å². The van der Waals surface area contributed by atoms with Crippen molar-refractivity contribution in [2.75, 3.05) is 20.3 Å². The first-order valence-electron chi connectivity index (χ1n) is 6.18. The van der Waals surface area contributed by atoms with E-state index in [-0.39, 0.29) is 12.5 Å². The van der Waals surface area contributed by atoms with Crippen molar-refractivity contribution in [3.8, 4) is 5.75 Å². The minimum Gasteiger partial charge on any atom is -0.496 e. The number of halogens is 1. The van der Waals surface area contributed by atoms with Crippen LogP contribution in [0.25, 0.3) is 0 Å². The smallest absolute Gasteiger partial charge is 0.125 e. The third kappa shape index (κ3) is 3.37. The number of benzene rings is 1. The van der Waals surface area contributed by atoms with Crippen LogP contribution in [0.15, 0.2) is 6.07 Å². The lowest BCUT2D eigenvalue weighted by Crippen LogP contribution is -2.19. The highest BCUT2D eigenvalue weighted by atomic mass is 35.5. The van der Waals surface area contributed by atoms with Gasteiger partial charge in [-0.2, -0.15) is 0 Å². The Morgan fingerprint density at radius 2 is 2.11 bits per heavy atom. The molecule has 102 valence electrons. The summed E-state index contributed by atoms with van der Waals surface area (Å²) in [6, 6.07) is 1.92. The summed E-state index contributed by atoms with van der Waals surface area (Å²) < 4.78 is 5.46. The van der Waals surface area contributed by atoms with Gasteiger partial charge in [0.15, 0.2) is 0 Å². The molecule has 0 aliphatic heterocycles. The van der Waals surface area contributed by atoms with Gasteiger partial charge in [0, 0.05) is 11.6 Å². The van der Waals surface area contributed by atoms with Crippen LogP contribution in [0.2, 0.25) is 5.02 Å². The summed E-state index contributed by atoms with van der Waals surface area (Å²) in [5.74, 6) is 1.03. The SMILES string of the molecule is COc1c(C)cc(Cl)c(C)c1CCC(CN)CO. The summed E-state index contributed by atoms with van der Waals surface area (Å²) in [5.41, 5.74) is 8.81. The van der Waals surface area contributed by atoms with Crippen LogP contribution < -0.4 is 10.5 Å². The van der Waals surface area contributed by atoms with Crippen molar-refractivity contribution in [2.24, 2.45) is 11.7 Å². The van der Waals surface area contributed by atoms with Gasteiger partial charge in [-0.25, -0.2) is 0 Å². The molecule has 0 radical (unpaired) electrons. The van der Waals surface area contributed by atoms with E-state index in [0.29, 0.717) is 6.54 Å². The molecule has 18 heavy (non-hydrogen) atoms. The molecule has 0 fully saturated rings. The van der Waals surface area contributed by atoms with Gasteiger partial charge >= 0.3 is 0 Å². The van der Waals surface area contributed by atoms with E-state index < -0.39 is 0 Å². The maximum absolute atomic E-state index is 9.17. The van der Waals surface area contributed by atoms with Crippen LogP contribution in [0.1, 0.15) is 23.1 Å². The molecule has 0 aliphatic carbocycles. The quantitative estimate of drug-likeness (QED) is 0.836. The van der Waals surface area contributed by atoms with Crippen LogP contribution in [0.3, 0.4) is 0 Å². The second kappa shape index (κ2) is 6.98. The molecule has 0 spiro atoms. The summed E-state index contributed by atoms with van der Waals surface area (Å²) in [6.45, 7) is 4.60. The summed E-state index contributed by atoms with van der Waals surface area (Å²) in [7, 11) is 1.67.